The fourth-order valence-corrected chi connectivity index (χ4v) is 3.57. The van der Waals surface area contributed by atoms with E-state index in [2.05, 4.69) is 47.7 Å². The summed E-state index contributed by atoms with van der Waals surface area (Å²) < 4.78 is 1.90. The smallest absolute Gasteiger partial charge is 0.227 e. The van der Waals surface area contributed by atoms with E-state index in [1.807, 2.05) is 35.0 Å². The number of rotatable bonds is 5. The first-order valence-electron chi connectivity index (χ1n) is 9.16. The molecule has 1 aliphatic rings. The SMILES string of the molecule is CC(NCc1ccc2cnn(C)c2c1)c1cccc(N2CCCC2=O)c1. The van der Waals surface area contributed by atoms with Crippen LogP contribution < -0.4 is 10.2 Å². The number of carbonyl (C=O) groups excluding carboxylic acids is 1. The minimum atomic E-state index is 0.204. The summed E-state index contributed by atoms with van der Waals surface area (Å²) in [6.07, 6.45) is 3.50. The third kappa shape index (κ3) is 3.22. The van der Waals surface area contributed by atoms with Crippen LogP contribution in [0.2, 0.25) is 0 Å². The van der Waals surface area contributed by atoms with Crippen LogP contribution >= 0.6 is 0 Å². The van der Waals surface area contributed by atoms with E-state index in [0.717, 1.165) is 36.1 Å². The van der Waals surface area contributed by atoms with Gasteiger partial charge in [0.25, 0.3) is 0 Å². The number of hydrogen-bond donors (Lipinski definition) is 1. The fourth-order valence-electron chi connectivity index (χ4n) is 3.57. The summed E-state index contributed by atoms with van der Waals surface area (Å²) in [6, 6.07) is 15.0. The molecule has 134 valence electrons. The van der Waals surface area contributed by atoms with Crippen LogP contribution in [0.15, 0.2) is 48.7 Å². The summed E-state index contributed by atoms with van der Waals surface area (Å²) in [5.74, 6) is 0.229. The predicted octanol–water partition coefficient (Wildman–Crippen LogP) is 3.55. The second-order valence-electron chi connectivity index (χ2n) is 7.01. The van der Waals surface area contributed by atoms with Gasteiger partial charge in [0.15, 0.2) is 0 Å². The van der Waals surface area contributed by atoms with Crippen molar-refractivity contribution in [2.24, 2.45) is 7.05 Å². The van der Waals surface area contributed by atoms with Gasteiger partial charge in [0.05, 0.1) is 11.7 Å². The van der Waals surface area contributed by atoms with Crippen LogP contribution in [0, 0.1) is 0 Å². The highest BCUT2D eigenvalue weighted by Gasteiger charge is 2.22. The van der Waals surface area contributed by atoms with Gasteiger partial charge in [0.2, 0.25) is 5.91 Å². The summed E-state index contributed by atoms with van der Waals surface area (Å²) >= 11 is 0. The van der Waals surface area contributed by atoms with Crippen molar-refractivity contribution in [1.82, 2.24) is 15.1 Å². The minimum absolute atomic E-state index is 0.204. The molecule has 0 aliphatic carbocycles. The van der Waals surface area contributed by atoms with Crippen LogP contribution in [-0.2, 0) is 18.4 Å². The molecule has 1 atom stereocenters. The van der Waals surface area contributed by atoms with Gasteiger partial charge in [-0.25, -0.2) is 0 Å². The van der Waals surface area contributed by atoms with E-state index in [-0.39, 0.29) is 11.9 Å². The first-order chi connectivity index (χ1) is 12.6. The number of anilines is 1. The second-order valence-corrected chi connectivity index (χ2v) is 7.01. The molecule has 1 aromatic heterocycles. The number of fused-ring (bicyclic) bond motifs is 1. The van der Waals surface area contributed by atoms with Crippen LogP contribution in [0.25, 0.3) is 10.9 Å². The molecule has 0 radical (unpaired) electrons. The zero-order chi connectivity index (χ0) is 18.1. The molecule has 1 saturated heterocycles. The maximum atomic E-state index is 12.0. The Kier molecular flexibility index (Phi) is 4.47. The quantitative estimate of drug-likeness (QED) is 0.767. The largest absolute Gasteiger partial charge is 0.312 e. The molecule has 2 heterocycles. The van der Waals surface area contributed by atoms with Gasteiger partial charge in [-0.2, -0.15) is 5.10 Å². The highest BCUT2D eigenvalue weighted by molar-refractivity contribution is 5.95. The van der Waals surface area contributed by atoms with Gasteiger partial charge >= 0.3 is 0 Å². The molecule has 1 fully saturated rings. The summed E-state index contributed by atoms with van der Waals surface area (Å²) in [5, 5.41) is 9.04. The van der Waals surface area contributed by atoms with Crippen molar-refractivity contribution in [2.45, 2.75) is 32.4 Å². The number of hydrogen-bond acceptors (Lipinski definition) is 3. The monoisotopic (exact) mass is 348 g/mol. The highest BCUT2D eigenvalue weighted by atomic mass is 16.2. The van der Waals surface area contributed by atoms with Crippen LogP contribution in [-0.4, -0.2) is 22.2 Å². The van der Waals surface area contributed by atoms with E-state index >= 15 is 0 Å². The molecular weight excluding hydrogens is 324 g/mol. The molecule has 0 spiro atoms. The highest BCUT2D eigenvalue weighted by Crippen LogP contribution is 2.25. The maximum Gasteiger partial charge on any atom is 0.227 e. The Balaban J connectivity index is 1.46. The lowest BCUT2D eigenvalue weighted by Gasteiger charge is -2.19. The Bertz CT molecular complexity index is 946. The summed E-state index contributed by atoms with van der Waals surface area (Å²) in [4.78, 5) is 13.9. The third-order valence-corrected chi connectivity index (χ3v) is 5.18. The van der Waals surface area contributed by atoms with E-state index in [1.165, 1.54) is 11.1 Å². The molecule has 26 heavy (non-hydrogen) atoms. The summed E-state index contributed by atoms with van der Waals surface area (Å²) in [5.41, 5.74) is 4.59. The Labute approximate surface area is 153 Å². The van der Waals surface area contributed by atoms with Gasteiger partial charge in [0, 0.05) is 43.7 Å². The van der Waals surface area contributed by atoms with Gasteiger partial charge in [0.1, 0.15) is 0 Å². The van der Waals surface area contributed by atoms with Crippen LogP contribution in [0.4, 0.5) is 5.69 Å². The van der Waals surface area contributed by atoms with Gasteiger partial charge in [-0.05, 0) is 42.7 Å². The lowest BCUT2D eigenvalue weighted by molar-refractivity contribution is -0.117. The molecule has 5 heteroatoms. The molecule has 3 aromatic rings. The molecule has 1 amide bonds. The Morgan fingerprint density at radius 1 is 1.23 bits per heavy atom. The average molecular weight is 348 g/mol. The lowest BCUT2D eigenvalue weighted by Crippen LogP contribution is -2.24. The number of amides is 1. The zero-order valence-corrected chi connectivity index (χ0v) is 15.3. The van der Waals surface area contributed by atoms with Crippen molar-refractivity contribution >= 4 is 22.5 Å². The maximum absolute atomic E-state index is 12.0. The second kappa shape index (κ2) is 6.92. The number of nitrogens with zero attached hydrogens (tertiary/aromatic N) is 3. The first kappa shape index (κ1) is 16.8. The lowest BCUT2D eigenvalue weighted by atomic mass is 10.1. The number of benzene rings is 2. The molecular formula is C21H24N4O. The zero-order valence-electron chi connectivity index (χ0n) is 15.3. The molecule has 1 aliphatic heterocycles. The number of aryl methyl sites for hydroxylation is 1. The minimum Gasteiger partial charge on any atom is -0.312 e. The van der Waals surface area contributed by atoms with Gasteiger partial charge in [-0.3, -0.25) is 9.48 Å². The van der Waals surface area contributed by atoms with Gasteiger partial charge in [-0.15, -0.1) is 0 Å². The predicted molar refractivity (Wildman–Crippen MR) is 104 cm³/mol. The van der Waals surface area contributed by atoms with Crippen LogP contribution in [0.3, 0.4) is 0 Å². The van der Waals surface area contributed by atoms with E-state index in [4.69, 9.17) is 0 Å². The van der Waals surface area contributed by atoms with E-state index in [0.29, 0.717) is 6.42 Å². The third-order valence-electron chi connectivity index (χ3n) is 5.18. The van der Waals surface area contributed by atoms with Gasteiger partial charge in [-0.1, -0.05) is 24.3 Å². The first-order valence-corrected chi connectivity index (χ1v) is 9.16. The number of carbonyl (C=O) groups is 1. The normalized spacial score (nSPS) is 15.8. The van der Waals surface area contributed by atoms with Crippen LogP contribution in [0.1, 0.15) is 36.9 Å². The Morgan fingerprint density at radius 3 is 2.92 bits per heavy atom. The molecule has 1 unspecified atom stereocenters. The standard InChI is InChI=1S/C21H24N4O/c1-15(17-5-3-6-19(12-17)25-10-4-7-21(25)26)22-13-16-8-9-18-14-23-24(2)20(18)11-16/h3,5-6,8-9,11-12,14-15,22H,4,7,10,13H2,1-2H3. The Morgan fingerprint density at radius 2 is 2.12 bits per heavy atom. The van der Waals surface area contributed by atoms with Crippen molar-refractivity contribution in [1.29, 1.82) is 0 Å². The van der Waals surface area contributed by atoms with Crippen molar-refractivity contribution in [3.05, 3.63) is 59.8 Å². The molecule has 0 bridgehead atoms. The summed E-state index contributed by atoms with van der Waals surface area (Å²) in [6.45, 7) is 3.78. The summed E-state index contributed by atoms with van der Waals surface area (Å²) in [7, 11) is 1.97. The molecule has 0 saturated carbocycles. The average Bonchev–Trinajstić information content (AvgIpc) is 3.25. The van der Waals surface area contributed by atoms with Crippen molar-refractivity contribution in [3.8, 4) is 0 Å². The van der Waals surface area contributed by atoms with Crippen LogP contribution in [0.5, 0.6) is 0 Å². The Hall–Kier alpha value is -2.66. The molecule has 2 aromatic carbocycles. The van der Waals surface area contributed by atoms with E-state index in [9.17, 15) is 4.79 Å². The fraction of sp³-hybridized carbons (Fsp3) is 0.333. The molecule has 5 nitrogen and oxygen atoms in total. The van der Waals surface area contributed by atoms with E-state index in [1.54, 1.807) is 0 Å². The van der Waals surface area contributed by atoms with Crippen molar-refractivity contribution < 1.29 is 4.79 Å². The molecule has 1 N–H and O–H groups in total. The van der Waals surface area contributed by atoms with Crippen molar-refractivity contribution in [2.75, 3.05) is 11.4 Å². The molecule has 4 rings (SSSR count). The van der Waals surface area contributed by atoms with Crippen molar-refractivity contribution in [3.63, 3.8) is 0 Å². The number of aromatic nitrogens is 2. The van der Waals surface area contributed by atoms with E-state index < -0.39 is 0 Å². The van der Waals surface area contributed by atoms with Gasteiger partial charge < -0.3 is 10.2 Å². The topological polar surface area (TPSA) is 50.2 Å². The number of nitrogens with one attached hydrogen (secondary N) is 1.